The molecule has 1 aliphatic heterocycles. The van der Waals surface area contributed by atoms with E-state index in [4.69, 9.17) is 10.9 Å². The Morgan fingerprint density at radius 2 is 2.05 bits per heavy atom. The summed E-state index contributed by atoms with van der Waals surface area (Å²) in [5, 5.41) is 11.4. The van der Waals surface area contributed by atoms with Gasteiger partial charge in [0.05, 0.1) is 0 Å². The molecule has 0 saturated carbocycles. The second-order valence-corrected chi connectivity index (χ2v) is 4.87. The maximum absolute atomic E-state index is 13.9. The lowest BCUT2D eigenvalue weighted by molar-refractivity contribution is 0.147. The SMILES string of the molecule is CN1CCN(Cc2ccc(/C(N)=N/O)cc2F)CC1. The molecular formula is C13H19FN4O. The second-order valence-electron chi connectivity index (χ2n) is 4.87. The first-order valence-electron chi connectivity index (χ1n) is 6.27. The third-order valence-electron chi connectivity index (χ3n) is 3.45. The molecule has 0 amide bonds. The zero-order valence-electron chi connectivity index (χ0n) is 11.0. The van der Waals surface area contributed by atoms with E-state index in [0.717, 1.165) is 26.2 Å². The minimum absolute atomic E-state index is 0.0787. The van der Waals surface area contributed by atoms with E-state index >= 15 is 0 Å². The molecule has 3 N–H and O–H groups in total. The van der Waals surface area contributed by atoms with Gasteiger partial charge in [-0.2, -0.15) is 0 Å². The third-order valence-corrected chi connectivity index (χ3v) is 3.45. The molecule has 0 atom stereocenters. The quantitative estimate of drug-likeness (QED) is 0.365. The van der Waals surface area contributed by atoms with Gasteiger partial charge in [-0.1, -0.05) is 17.3 Å². The van der Waals surface area contributed by atoms with E-state index in [-0.39, 0.29) is 11.7 Å². The molecule has 19 heavy (non-hydrogen) atoms. The molecule has 0 spiro atoms. The molecule has 0 unspecified atom stereocenters. The van der Waals surface area contributed by atoms with Crippen LogP contribution in [0.3, 0.4) is 0 Å². The van der Waals surface area contributed by atoms with Gasteiger partial charge in [0.2, 0.25) is 0 Å². The summed E-state index contributed by atoms with van der Waals surface area (Å²) in [4.78, 5) is 4.48. The molecule has 1 saturated heterocycles. The first-order valence-corrected chi connectivity index (χ1v) is 6.27. The van der Waals surface area contributed by atoms with Crippen LogP contribution in [0.5, 0.6) is 0 Å². The Balaban J connectivity index is 2.05. The van der Waals surface area contributed by atoms with Crippen LogP contribution in [0.25, 0.3) is 0 Å². The van der Waals surface area contributed by atoms with Crippen LogP contribution < -0.4 is 5.73 Å². The Morgan fingerprint density at radius 3 is 2.63 bits per heavy atom. The van der Waals surface area contributed by atoms with E-state index in [2.05, 4.69) is 22.0 Å². The molecule has 0 aliphatic carbocycles. The molecule has 2 rings (SSSR count). The highest BCUT2D eigenvalue weighted by atomic mass is 19.1. The number of rotatable bonds is 3. The summed E-state index contributed by atoms with van der Waals surface area (Å²) >= 11 is 0. The van der Waals surface area contributed by atoms with Gasteiger partial charge in [-0.05, 0) is 13.1 Å². The average molecular weight is 266 g/mol. The number of hydrogen-bond acceptors (Lipinski definition) is 4. The van der Waals surface area contributed by atoms with Gasteiger partial charge in [0, 0.05) is 43.9 Å². The van der Waals surface area contributed by atoms with Gasteiger partial charge in [-0.3, -0.25) is 4.90 Å². The number of hydrogen-bond donors (Lipinski definition) is 2. The first kappa shape index (κ1) is 13.8. The van der Waals surface area contributed by atoms with Crippen molar-refractivity contribution < 1.29 is 9.60 Å². The summed E-state index contributed by atoms with van der Waals surface area (Å²) in [6.07, 6.45) is 0. The van der Waals surface area contributed by atoms with Crippen LogP contribution in [-0.4, -0.2) is 54.1 Å². The van der Waals surface area contributed by atoms with Crippen molar-refractivity contribution in [2.75, 3.05) is 33.2 Å². The number of benzene rings is 1. The van der Waals surface area contributed by atoms with E-state index in [1.54, 1.807) is 12.1 Å². The monoisotopic (exact) mass is 266 g/mol. The molecule has 1 aromatic rings. The van der Waals surface area contributed by atoms with Crippen molar-refractivity contribution >= 4 is 5.84 Å². The van der Waals surface area contributed by atoms with Crippen LogP contribution >= 0.6 is 0 Å². The highest BCUT2D eigenvalue weighted by molar-refractivity contribution is 5.97. The molecule has 0 radical (unpaired) electrons. The maximum Gasteiger partial charge on any atom is 0.170 e. The lowest BCUT2D eigenvalue weighted by Gasteiger charge is -2.32. The van der Waals surface area contributed by atoms with Gasteiger partial charge in [0.25, 0.3) is 0 Å². The van der Waals surface area contributed by atoms with Gasteiger partial charge >= 0.3 is 0 Å². The van der Waals surface area contributed by atoms with Crippen LogP contribution in [0.2, 0.25) is 0 Å². The van der Waals surface area contributed by atoms with Crippen molar-refractivity contribution in [3.05, 3.63) is 35.1 Å². The van der Waals surface area contributed by atoms with Gasteiger partial charge in [-0.25, -0.2) is 4.39 Å². The van der Waals surface area contributed by atoms with Crippen LogP contribution in [0.15, 0.2) is 23.4 Å². The first-order chi connectivity index (χ1) is 9.10. The Labute approximate surface area is 112 Å². The minimum Gasteiger partial charge on any atom is -0.409 e. The number of amidine groups is 1. The molecule has 1 fully saturated rings. The normalized spacial score (nSPS) is 18.7. The summed E-state index contributed by atoms with van der Waals surface area (Å²) < 4.78 is 13.9. The molecule has 1 aliphatic rings. The number of piperazine rings is 1. The van der Waals surface area contributed by atoms with Crippen molar-refractivity contribution in [3.8, 4) is 0 Å². The maximum atomic E-state index is 13.9. The Hall–Kier alpha value is -1.66. The van der Waals surface area contributed by atoms with Gasteiger partial charge in [0.1, 0.15) is 5.82 Å². The highest BCUT2D eigenvalue weighted by Gasteiger charge is 2.15. The lowest BCUT2D eigenvalue weighted by atomic mass is 10.1. The summed E-state index contributed by atoms with van der Waals surface area (Å²) in [6, 6.07) is 4.67. The predicted octanol–water partition coefficient (Wildman–Crippen LogP) is 0.668. The summed E-state index contributed by atoms with van der Waals surface area (Å²) in [5.74, 6) is -0.395. The van der Waals surface area contributed by atoms with Crippen molar-refractivity contribution in [2.24, 2.45) is 10.9 Å². The fourth-order valence-corrected chi connectivity index (χ4v) is 2.14. The number of likely N-dealkylation sites (N-methyl/N-ethyl adjacent to an activating group) is 1. The fourth-order valence-electron chi connectivity index (χ4n) is 2.14. The zero-order valence-corrected chi connectivity index (χ0v) is 11.0. The molecule has 104 valence electrons. The number of nitrogens with two attached hydrogens (primary N) is 1. The molecule has 1 heterocycles. The van der Waals surface area contributed by atoms with E-state index in [9.17, 15) is 4.39 Å². The predicted molar refractivity (Wildman–Crippen MR) is 71.7 cm³/mol. The fraction of sp³-hybridized carbons (Fsp3) is 0.462. The van der Waals surface area contributed by atoms with E-state index < -0.39 is 0 Å². The van der Waals surface area contributed by atoms with Crippen LogP contribution in [0.1, 0.15) is 11.1 Å². The second kappa shape index (κ2) is 5.99. The largest absolute Gasteiger partial charge is 0.409 e. The van der Waals surface area contributed by atoms with Gasteiger partial charge in [0.15, 0.2) is 5.84 Å². The molecular weight excluding hydrogens is 247 g/mol. The summed E-state index contributed by atoms with van der Waals surface area (Å²) in [5.41, 5.74) is 6.46. The minimum atomic E-state index is -0.317. The van der Waals surface area contributed by atoms with E-state index in [0.29, 0.717) is 17.7 Å². The van der Waals surface area contributed by atoms with Crippen molar-refractivity contribution in [2.45, 2.75) is 6.54 Å². The highest BCUT2D eigenvalue weighted by Crippen LogP contribution is 2.14. The van der Waals surface area contributed by atoms with Gasteiger partial charge < -0.3 is 15.8 Å². The molecule has 1 aromatic carbocycles. The van der Waals surface area contributed by atoms with E-state index in [1.165, 1.54) is 6.07 Å². The van der Waals surface area contributed by atoms with Crippen LogP contribution in [0.4, 0.5) is 4.39 Å². The number of halogens is 1. The molecule has 0 bridgehead atoms. The van der Waals surface area contributed by atoms with Crippen molar-refractivity contribution in [1.82, 2.24) is 9.80 Å². The lowest BCUT2D eigenvalue weighted by Crippen LogP contribution is -2.44. The van der Waals surface area contributed by atoms with Gasteiger partial charge in [-0.15, -0.1) is 0 Å². The number of oxime groups is 1. The smallest absolute Gasteiger partial charge is 0.170 e. The Kier molecular flexibility index (Phi) is 4.34. The van der Waals surface area contributed by atoms with Crippen LogP contribution in [0, 0.1) is 5.82 Å². The summed E-state index contributed by atoms with van der Waals surface area (Å²) in [7, 11) is 2.09. The Morgan fingerprint density at radius 1 is 1.37 bits per heavy atom. The van der Waals surface area contributed by atoms with Crippen molar-refractivity contribution in [3.63, 3.8) is 0 Å². The van der Waals surface area contributed by atoms with E-state index in [1.807, 2.05) is 0 Å². The zero-order chi connectivity index (χ0) is 13.8. The Bertz CT molecular complexity index is 470. The molecule has 5 nitrogen and oxygen atoms in total. The average Bonchev–Trinajstić information content (AvgIpc) is 2.42. The molecule has 0 aromatic heterocycles. The van der Waals surface area contributed by atoms with Crippen molar-refractivity contribution in [1.29, 1.82) is 0 Å². The topological polar surface area (TPSA) is 65.1 Å². The molecule has 6 heteroatoms. The third kappa shape index (κ3) is 3.42. The van der Waals surface area contributed by atoms with Crippen LogP contribution in [-0.2, 0) is 6.54 Å². The summed E-state index contributed by atoms with van der Waals surface area (Å²) in [6.45, 7) is 4.49. The number of nitrogens with zero attached hydrogens (tertiary/aromatic N) is 3. The standard InChI is InChI=1S/C13H19FN4O/c1-17-4-6-18(7-5-17)9-11-3-2-10(8-12(11)14)13(15)16-19/h2-3,8,19H,4-7,9H2,1H3,(H2,15,16).